The summed E-state index contributed by atoms with van der Waals surface area (Å²) in [6, 6.07) is 5.74. The highest BCUT2D eigenvalue weighted by molar-refractivity contribution is 5.39. The number of ether oxygens (including phenoxy) is 1. The van der Waals surface area contributed by atoms with E-state index in [2.05, 4.69) is 10.2 Å². The first-order chi connectivity index (χ1) is 8.72. The minimum atomic E-state index is -0.326. The van der Waals surface area contributed by atoms with Crippen molar-refractivity contribution in [3.8, 4) is 5.75 Å². The van der Waals surface area contributed by atoms with E-state index in [1.54, 1.807) is 6.92 Å². The molecule has 5 nitrogen and oxygen atoms in total. The zero-order chi connectivity index (χ0) is 12.5. The molecule has 0 aliphatic heterocycles. The van der Waals surface area contributed by atoms with Gasteiger partial charge in [-0.1, -0.05) is 6.07 Å². The monoisotopic (exact) mass is 246 g/mol. The average molecular weight is 246 g/mol. The second-order valence-corrected chi connectivity index (χ2v) is 4.42. The molecule has 1 atom stereocenters. The molecule has 0 saturated heterocycles. The fraction of sp³-hybridized carbons (Fsp3) is 0.385. The molecule has 1 unspecified atom stereocenters. The number of hydrogen-bond acceptors (Lipinski definition) is 5. The standard InChI is InChI=1S/C13H14N2O3/c1-8-14-15-13(18-8)7-17-10-3-4-11-9(6-10)2-5-12(11)16/h3-4,6,12,16H,2,5,7H2,1H3. The molecule has 1 aromatic carbocycles. The third-order valence-electron chi connectivity index (χ3n) is 3.09. The first kappa shape index (κ1) is 11.2. The molecule has 18 heavy (non-hydrogen) atoms. The molecule has 0 bridgehead atoms. The van der Waals surface area contributed by atoms with Crippen LogP contribution >= 0.6 is 0 Å². The number of nitrogens with zero attached hydrogens (tertiary/aromatic N) is 2. The topological polar surface area (TPSA) is 68.4 Å². The van der Waals surface area contributed by atoms with Crippen molar-refractivity contribution < 1.29 is 14.3 Å². The van der Waals surface area contributed by atoms with Crippen LogP contribution in [0.1, 0.15) is 35.4 Å². The predicted molar refractivity (Wildman–Crippen MR) is 63.1 cm³/mol. The summed E-state index contributed by atoms with van der Waals surface area (Å²) < 4.78 is 10.8. The normalized spacial score (nSPS) is 17.8. The van der Waals surface area contributed by atoms with E-state index in [-0.39, 0.29) is 12.7 Å². The van der Waals surface area contributed by atoms with E-state index in [1.807, 2.05) is 18.2 Å². The van der Waals surface area contributed by atoms with Crippen LogP contribution in [0.2, 0.25) is 0 Å². The minimum absolute atomic E-state index is 0.266. The molecule has 1 aliphatic carbocycles. The van der Waals surface area contributed by atoms with E-state index < -0.39 is 0 Å². The van der Waals surface area contributed by atoms with Crippen LogP contribution in [-0.4, -0.2) is 15.3 Å². The maximum atomic E-state index is 9.71. The average Bonchev–Trinajstić information content (AvgIpc) is 2.94. The molecular weight excluding hydrogens is 232 g/mol. The molecule has 5 heteroatoms. The Morgan fingerprint density at radius 1 is 1.44 bits per heavy atom. The highest BCUT2D eigenvalue weighted by Gasteiger charge is 2.20. The van der Waals surface area contributed by atoms with Crippen LogP contribution in [-0.2, 0) is 13.0 Å². The van der Waals surface area contributed by atoms with Crippen LogP contribution in [0.15, 0.2) is 22.6 Å². The van der Waals surface area contributed by atoms with E-state index in [0.717, 1.165) is 29.7 Å². The van der Waals surface area contributed by atoms with Gasteiger partial charge in [-0.25, -0.2) is 0 Å². The molecule has 2 aromatic rings. The third-order valence-corrected chi connectivity index (χ3v) is 3.09. The van der Waals surface area contributed by atoms with Gasteiger partial charge < -0.3 is 14.3 Å². The summed E-state index contributed by atoms with van der Waals surface area (Å²) >= 11 is 0. The molecule has 1 heterocycles. The summed E-state index contributed by atoms with van der Waals surface area (Å²) in [6.45, 7) is 2.01. The lowest BCUT2D eigenvalue weighted by atomic mass is 10.1. The van der Waals surface area contributed by atoms with Gasteiger partial charge in [0.15, 0.2) is 6.61 Å². The van der Waals surface area contributed by atoms with Gasteiger partial charge in [0, 0.05) is 6.92 Å². The van der Waals surface area contributed by atoms with Crippen LogP contribution < -0.4 is 4.74 Å². The number of aliphatic hydroxyl groups excluding tert-OH is 1. The maximum absolute atomic E-state index is 9.71. The van der Waals surface area contributed by atoms with Crippen molar-refractivity contribution in [3.63, 3.8) is 0 Å². The number of hydrogen-bond donors (Lipinski definition) is 1. The van der Waals surface area contributed by atoms with Gasteiger partial charge >= 0.3 is 0 Å². The summed E-state index contributed by atoms with van der Waals surface area (Å²) in [6.07, 6.45) is 1.36. The summed E-state index contributed by atoms with van der Waals surface area (Å²) in [4.78, 5) is 0. The van der Waals surface area contributed by atoms with Crippen LogP contribution in [0, 0.1) is 6.92 Å². The SMILES string of the molecule is Cc1nnc(COc2ccc3c(c2)CCC3O)o1. The van der Waals surface area contributed by atoms with Crippen molar-refractivity contribution in [2.24, 2.45) is 0 Å². The quantitative estimate of drug-likeness (QED) is 0.896. The van der Waals surface area contributed by atoms with Crippen LogP contribution in [0.3, 0.4) is 0 Å². The second kappa shape index (κ2) is 4.42. The third kappa shape index (κ3) is 2.09. The molecule has 1 aromatic heterocycles. The van der Waals surface area contributed by atoms with Gasteiger partial charge in [-0.2, -0.15) is 0 Å². The van der Waals surface area contributed by atoms with Gasteiger partial charge in [0.2, 0.25) is 5.89 Å². The highest BCUT2D eigenvalue weighted by Crippen LogP contribution is 2.33. The molecule has 0 radical (unpaired) electrons. The first-order valence-electron chi connectivity index (χ1n) is 5.95. The van der Waals surface area contributed by atoms with Crippen LogP contribution in [0.4, 0.5) is 0 Å². The molecule has 3 rings (SSSR count). The second-order valence-electron chi connectivity index (χ2n) is 4.42. The van der Waals surface area contributed by atoms with Crippen molar-refractivity contribution in [1.29, 1.82) is 0 Å². The smallest absolute Gasteiger partial charge is 0.253 e. The maximum Gasteiger partial charge on any atom is 0.253 e. The number of aliphatic hydroxyl groups is 1. The highest BCUT2D eigenvalue weighted by atomic mass is 16.5. The van der Waals surface area contributed by atoms with Crippen molar-refractivity contribution in [3.05, 3.63) is 41.1 Å². The van der Waals surface area contributed by atoms with Gasteiger partial charge in [0.25, 0.3) is 5.89 Å². The van der Waals surface area contributed by atoms with E-state index in [0.29, 0.717) is 11.8 Å². The van der Waals surface area contributed by atoms with Gasteiger partial charge in [0.05, 0.1) is 6.10 Å². The Labute approximate surface area is 104 Å². The fourth-order valence-corrected chi connectivity index (χ4v) is 2.20. The molecule has 1 aliphatic rings. The Kier molecular flexibility index (Phi) is 2.76. The summed E-state index contributed by atoms with van der Waals surface area (Å²) in [5.41, 5.74) is 2.16. The zero-order valence-electron chi connectivity index (χ0n) is 10.1. The Balaban J connectivity index is 1.70. The fourth-order valence-electron chi connectivity index (χ4n) is 2.20. The van der Waals surface area contributed by atoms with Gasteiger partial charge in [-0.15, -0.1) is 10.2 Å². The number of aromatic nitrogens is 2. The summed E-state index contributed by atoms with van der Waals surface area (Å²) in [7, 11) is 0. The molecule has 0 amide bonds. The molecule has 0 saturated carbocycles. The van der Waals surface area contributed by atoms with E-state index in [9.17, 15) is 5.11 Å². The van der Waals surface area contributed by atoms with Crippen LogP contribution in [0.5, 0.6) is 5.75 Å². The lowest BCUT2D eigenvalue weighted by Gasteiger charge is -2.07. The van der Waals surface area contributed by atoms with Crippen molar-refractivity contribution in [1.82, 2.24) is 10.2 Å². The number of rotatable bonds is 3. The Hall–Kier alpha value is -1.88. The predicted octanol–water partition coefficient (Wildman–Crippen LogP) is 1.94. The molecular formula is C13H14N2O3. The molecule has 0 fully saturated rings. The minimum Gasteiger partial charge on any atom is -0.484 e. The molecule has 94 valence electrons. The van der Waals surface area contributed by atoms with Crippen molar-refractivity contribution >= 4 is 0 Å². The number of aryl methyl sites for hydroxylation is 2. The molecule has 0 spiro atoms. The molecule has 1 N–H and O–H groups in total. The van der Waals surface area contributed by atoms with Gasteiger partial charge in [-0.3, -0.25) is 0 Å². The number of fused-ring (bicyclic) bond motifs is 1. The largest absolute Gasteiger partial charge is 0.484 e. The Morgan fingerprint density at radius 2 is 2.33 bits per heavy atom. The van der Waals surface area contributed by atoms with Crippen LogP contribution in [0.25, 0.3) is 0 Å². The van der Waals surface area contributed by atoms with Crippen molar-refractivity contribution in [2.75, 3.05) is 0 Å². The van der Waals surface area contributed by atoms with Gasteiger partial charge in [-0.05, 0) is 36.1 Å². The summed E-state index contributed by atoms with van der Waals surface area (Å²) in [5.74, 6) is 1.76. The first-order valence-corrected chi connectivity index (χ1v) is 5.95. The number of benzene rings is 1. The Bertz CT molecular complexity index is 565. The van der Waals surface area contributed by atoms with Crippen molar-refractivity contribution in [2.45, 2.75) is 32.5 Å². The van der Waals surface area contributed by atoms with Gasteiger partial charge in [0.1, 0.15) is 5.75 Å². The summed E-state index contributed by atoms with van der Waals surface area (Å²) in [5, 5.41) is 17.3. The Morgan fingerprint density at radius 3 is 3.11 bits per heavy atom. The van der Waals surface area contributed by atoms with E-state index in [1.165, 1.54) is 0 Å². The lowest BCUT2D eigenvalue weighted by molar-refractivity contribution is 0.180. The lowest BCUT2D eigenvalue weighted by Crippen LogP contribution is -1.97. The van der Waals surface area contributed by atoms with E-state index >= 15 is 0 Å². The zero-order valence-corrected chi connectivity index (χ0v) is 10.1. The van der Waals surface area contributed by atoms with E-state index in [4.69, 9.17) is 9.15 Å².